The van der Waals surface area contributed by atoms with Crippen molar-refractivity contribution in [3.8, 4) is 0 Å². The highest BCUT2D eigenvalue weighted by atomic mass is 16.5. The first-order chi connectivity index (χ1) is 6.37. The zero-order valence-corrected chi connectivity index (χ0v) is 8.12. The lowest BCUT2D eigenvalue weighted by Gasteiger charge is -2.37. The normalized spacial score (nSPS) is 31.3. The van der Waals surface area contributed by atoms with Gasteiger partial charge in [-0.05, 0) is 31.4 Å². The van der Waals surface area contributed by atoms with E-state index in [2.05, 4.69) is 37.3 Å². The van der Waals surface area contributed by atoms with Gasteiger partial charge in [0, 0.05) is 13.0 Å². The molecule has 70 valence electrons. The summed E-state index contributed by atoms with van der Waals surface area (Å²) in [4.78, 5) is 0. The molecule has 0 heterocycles. The standard InChI is InChI=1S/C12H16O/c1-2-13-12(11-7-6-8-11)9-4-3-5-10-12/h3-5,7,9H,2,6,8,10H2,1H3. The highest BCUT2D eigenvalue weighted by Crippen LogP contribution is 2.38. The molecule has 1 nitrogen and oxygen atoms in total. The number of ether oxygens (including phenoxy) is 1. The summed E-state index contributed by atoms with van der Waals surface area (Å²) >= 11 is 0. The van der Waals surface area contributed by atoms with Crippen LogP contribution in [0, 0.1) is 0 Å². The minimum absolute atomic E-state index is 0.0816. The fraction of sp³-hybridized carbons (Fsp3) is 0.500. The second-order valence-corrected chi connectivity index (χ2v) is 3.58. The maximum absolute atomic E-state index is 5.87. The molecule has 0 aromatic heterocycles. The molecule has 0 spiro atoms. The van der Waals surface area contributed by atoms with Crippen molar-refractivity contribution in [3.05, 3.63) is 36.0 Å². The Morgan fingerprint density at radius 1 is 1.46 bits per heavy atom. The SMILES string of the molecule is CCOC1(C2=CCC2)C=CC=CC1. The van der Waals surface area contributed by atoms with Gasteiger partial charge in [-0.25, -0.2) is 0 Å². The molecular formula is C12H16O. The summed E-state index contributed by atoms with van der Waals surface area (Å²) in [5.74, 6) is 0. The zero-order valence-electron chi connectivity index (χ0n) is 8.12. The molecule has 0 radical (unpaired) electrons. The number of allylic oxidation sites excluding steroid dienone is 3. The van der Waals surface area contributed by atoms with E-state index in [0.29, 0.717) is 0 Å². The van der Waals surface area contributed by atoms with Crippen molar-refractivity contribution >= 4 is 0 Å². The predicted octanol–water partition coefficient (Wildman–Crippen LogP) is 3.00. The highest BCUT2D eigenvalue weighted by molar-refractivity contribution is 5.35. The molecule has 0 amide bonds. The van der Waals surface area contributed by atoms with E-state index < -0.39 is 0 Å². The van der Waals surface area contributed by atoms with E-state index in [-0.39, 0.29) is 5.60 Å². The molecule has 13 heavy (non-hydrogen) atoms. The number of hydrogen-bond acceptors (Lipinski definition) is 1. The summed E-state index contributed by atoms with van der Waals surface area (Å²) in [6.07, 6.45) is 14.3. The lowest BCUT2D eigenvalue weighted by Crippen LogP contribution is -2.35. The van der Waals surface area contributed by atoms with Crippen molar-refractivity contribution in [1.29, 1.82) is 0 Å². The third kappa shape index (κ3) is 1.49. The Bertz CT molecular complexity index is 273. The van der Waals surface area contributed by atoms with E-state index in [1.165, 1.54) is 18.4 Å². The summed E-state index contributed by atoms with van der Waals surface area (Å²) in [6, 6.07) is 0. The predicted molar refractivity (Wildman–Crippen MR) is 54.6 cm³/mol. The second kappa shape index (κ2) is 3.51. The van der Waals surface area contributed by atoms with Crippen LogP contribution in [-0.4, -0.2) is 12.2 Å². The van der Waals surface area contributed by atoms with Gasteiger partial charge in [-0.1, -0.05) is 24.3 Å². The van der Waals surface area contributed by atoms with Crippen molar-refractivity contribution in [2.75, 3.05) is 6.61 Å². The van der Waals surface area contributed by atoms with Crippen molar-refractivity contribution in [2.24, 2.45) is 0 Å². The Labute approximate surface area is 79.8 Å². The monoisotopic (exact) mass is 176 g/mol. The van der Waals surface area contributed by atoms with E-state index in [4.69, 9.17) is 4.74 Å². The van der Waals surface area contributed by atoms with E-state index >= 15 is 0 Å². The van der Waals surface area contributed by atoms with Crippen LogP contribution >= 0.6 is 0 Å². The Morgan fingerprint density at radius 3 is 2.77 bits per heavy atom. The van der Waals surface area contributed by atoms with Crippen LogP contribution in [0.25, 0.3) is 0 Å². The quantitative estimate of drug-likeness (QED) is 0.601. The Hall–Kier alpha value is -0.820. The lowest BCUT2D eigenvalue weighted by molar-refractivity contribution is 0.0238. The van der Waals surface area contributed by atoms with E-state index in [1.807, 2.05) is 0 Å². The zero-order chi connectivity index (χ0) is 9.15. The smallest absolute Gasteiger partial charge is 0.111 e. The molecule has 0 aliphatic heterocycles. The molecule has 0 fully saturated rings. The molecule has 0 aromatic rings. The van der Waals surface area contributed by atoms with Gasteiger partial charge in [-0.3, -0.25) is 0 Å². The van der Waals surface area contributed by atoms with Crippen LogP contribution in [0.3, 0.4) is 0 Å². The van der Waals surface area contributed by atoms with Crippen molar-refractivity contribution in [1.82, 2.24) is 0 Å². The maximum Gasteiger partial charge on any atom is 0.111 e. The topological polar surface area (TPSA) is 9.23 Å². The van der Waals surface area contributed by atoms with Gasteiger partial charge >= 0.3 is 0 Å². The van der Waals surface area contributed by atoms with Crippen LogP contribution < -0.4 is 0 Å². The molecule has 2 rings (SSSR count). The van der Waals surface area contributed by atoms with Gasteiger partial charge in [0.15, 0.2) is 0 Å². The average Bonchev–Trinajstić information content (AvgIpc) is 2.02. The summed E-state index contributed by atoms with van der Waals surface area (Å²) < 4.78 is 5.87. The molecule has 2 aliphatic rings. The summed E-state index contributed by atoms with van der Waals surface area (Å²) in [5.41, 5.74) is 1.39. The maximum atomic E-state index is 5.87. The van der Waals surface area contributed by atoms with Gasteiger partial charge < -0.3 is 4.74 Å². The molecular weight excluding hydrogens is 160 g/mol. The first-order valence-electron chi connectivity index (χ1n) is 5.05. The van der Waals surface area contributed by atoms with Crippen molar-refractivity contribution < 1.29 is 4.74 Å². The van der Waals surface area contributed by atoms with Gasteiger partial charge in [0.25, 0.3) is 0 Å². The van der Waals surface area contributed by atoms with Gasteiger partial charge in [-0.2, -0.15) is 0 Å². The first kappa shape index (κ1) is 8.76. The molecule has 1 unspecified atom stereocenters. The van der Waals surface area contributed by atoms with Crippen molar-refractivity contribution in [2.45, 2.75) is 31.8 Å². The fourth-order valence-electron chi connectivity index (χ4n) is 1.97. The van der Waals surface area contributed by atoms with Gasteiger partial charge in [-0.15, -0.1) is 0 Å². The Kier molecular flexibility index (Phi) is 2.36. The van der Waals surface area contributed by atoms with Gasteiger partial charge in [0.2, 0.25) is 0 Å². The third-order valence-electron chi connectivity index (χ3n) is 2.78. The first-order valence-corrected chi connectivity index (χ1v) is 5.05. The van der Waals surface area contributed by atoms with Crippen LogP contribution in [0.2, 0.25) is 0 Å². The molecule has 0 aromatic carbocycles. The lowest BCUT2D eigenvalue weighted by atomic mass is 9.79. The second-order valence-electron chi connectivity index (χ2n) is 3.58. The van der Waals surface area contributed by atoms with Crippen LogP contribution in [-0.2, 0) is 4.74 Å². The Balaban J connectivity index is 2.20. The van der Waals surface area contributed by atoms with Crippen LogP contribution in [0.5, 0.6) is 0 Å². The summed E-state index contributed by atoms with van der Waals surface area (Å²) in [6.45, 7) is 2.85. The van der Waals surface area contributed by atoms with Crippen LogP contribution in [0.15, 0.2) is 36.0 Å². The average molecular weight is 176 g/mol. The number of rotatable bonds is 3. The Morgan fingerprint density at radius 2 is 2.31 bits per heavy atom. The van der Waals surface area contributed by atoms with Gasteiger partial charge in [0.05, 0.1) is 0 Å². The van der Waals surface area contributed by atoms with Crippen LogP contribution in [0.1, 0.15) is 26.2 Å². The molecule has 0 N–H and O–H groups in total. The van der Waals surface area contributed by atoms with Crippen LogP contribution in [0.4, 0.5) is 0 Å². The summed E-state index contributed by atoms with van der Waals surface area (Å²) in [7, 11) is 0. The van der Waals surface area contributed by atoms with E-state index in [9.17, 15) is 0 Å². The largest absolute Gasteiger partial charge is 0.366 e. The fourth-order valence-corrected chi connectivity index (χ4v) is 1.97. The molecule has 0 saturated carbocycles. The summed E-state index contributed by atoms with van der Waals surface area (Å²) in [5, 5.41) is 0. The van der Waals surface area contributed by atoms with E-state index in [1.54, 1.807) is 0 Å². The number of hydrogen-bond donors (Lipinski definition) is 0. The minimum Gasteiger partial charge on any atom is -0.366 e. The molecule has 0 saturated heterocycles. The van der Waals surface area contributed by atoms with Crippen molar-refractivity contribution in [3.63, 3.8) is 0 Å². The highest BCUT2D eigenvalue weighted by Gasteiger charge is 2.33. The molecule has 0 bridgehead atoms. The third-order valence-corrected chi connectivity index (χ3v) is 2.78. The molecule has 2 aliphatic carbocycles. The van der Waals surface area contributed by atoms with E-state index in [0.717, 1.165) is 13.0 Å². The van der Waals surface area contributed by atoms with Gasteiger partial charge in [0.1, 0.15) is 5.60 Å². The molecule has 1 heteroatoms. The minimum atomic E-state index is -0.0816. The molecule has 1 atom stereocenters.